The average Bonchev–Trinajstić information content (AvgIpc) is 3.23. The molecule has 0 aromatic heterocycles. The van der Waals surface area contributed by atoms with Gasteiger partial charge in [0.1, 0.15) is 13.2 Å². The zero-order valence-corrected chi connectivity index (χ0v) is 39.1. The van der Waals surface area contributed by atoms with Crippen LogP contribution in [0.3, 0.4) is 0 Å². The Morgan fingerprint density at radius 2 is 0.845 bits per heavy atom. The second-order valence-electron chi connectivity index (χ2n) is 13.3. The number of ether oxygens (including phenoxy) is 2. The van der Waals surface area contributed by atoms with Crippen LogP contribution >= 0.6 is 23.5 Å². The molecule has 0 saturated carbocycles. The lowest BCUT2D eigenvalue weighted by Gasteiger charge is -2.28. The van der Waals surface area contributed by atoms with E-state index in [-0.39, 0.29) is 48.5 Å². The Morgan fingerprint density at radius 3 is 1.17 bits per heavy atom. The zero-order valence-electron chi connectivity index (χ0n) is 35.5. The van der Waals surface area contributed by atoms with E-state index in [2.05, 4.69) is 24.3 Å². The molecule has 0 N–H and O–H groups in total. The lowest BCUT2D eigenvalue weighted by molar-refractivity contribution is -0.145. The van der Waals surface area contributed by atoms with Crippen molar-refractivity contribution in [2.45, 2.75) is 103 Å². The summed E-state index contributed by atoms with van der Waals surface area (Å²) in [5.41, 5.74) is 3.83. The highest BCUT2D eigenvalue weighted by Gasteiger charge is 2.40. The van der Waals surface area contributed by atoms with Gasteiger partial charge in [-0.05, 0) is 94.2 Å². The second-order valence-corrected chi connectivity index (χ2v) is 21.3. The summed E-state index contributed by atoms with van der Waals surface area (Å²) < 4.78 is 47.7. The van der Waals surface area contributed by atoms with E-state index in [0.29, 0.717) is 39.6 Å². The molecule has 10 nitrogen and oxygen atoms in total. The van der Waals surface area contributed by atoms with Crippen molar-refractivity contribution in [1.82, 2.24) is 0 Å². The van der Waals surface area contributed by atoms with Crippen LogP contribution in [0.2, 0.25) is 12.1 Å². The van der Waals surface area contributed by atoms with Crippen molar-refractivity contribution in [3.05, 3.63) is 107 Å². The lowest BCUT2D eigenvalue weighted by atomic mass is 10.1. The topological polar surface area (TPSA) is 108 Å². The monoisotopic (exact) mass is 874 g/mol. The number of esters is 2. The summed E-state index contributed by atoms with van der Waals surface area (Å²) in [5, 5.41) is -0.120. The molecule has 0 bridgehead atoms. The lowest BCUT2D eigenvalue weighted by Crippen LogP contribution is -2.46. The largest absolute Gasteiger partial charge is 0.500 e. The second kappa shape index (κ2) is 28.9. The Kier molecular flexibility index (Phi) is 24.8. The maximum atomic E-state index is 13.2. The Balaban J connectivity index is 1.53. The number of thioether (sulfide) groups is 2. The third kappa shape index (κ3) is 18.4. The number of carbonyl (C=O) groups is 2. The van der Waals surface area contributed by atoms with E-state index >= 15 is 0 Å². The van der Waals surface area contributed by atoms with Gasteiger partial charge in [0.05, 0.1) is 12.8 Å². The van der Waals surface area contributed by atoms with Crippen LogP contribution in [-0.4, -0.2) is 80.7 Å². The van der Waals surface area contributed by atoms with Gasteiger partial charge in [0, 0.05) is 62.2 Å². The normalized spacial score (nSPS) is 12.9. The highest BCUT2D eigenvalue weighted by molar-refractivity contribution is 7.99. The minimum absolute atomic E-state index is 0.0599. The van der Waals surface area contributed by atoms with Gasteiger partial charge >= 0.3 is 29.5 Å². The summed E-state index contributed by atoms with van der Waals surface area (Å²) in [6.07, 6.45) is 2.18. The molecular weight excluding hydrogens is 809 g/mol. The molecule has 0 amide bonds. The summed E-state index contributed by atoms with van der Waals surface area (Å²) in [4.78, 5) is 26.4. The molecule has 2 atom stereocenters. The van der Waals surface area contributed by atoms with Crippen LogP contribution in [0.15, 0.2) is 84.9 Å². The molecule has 3 aromatic rings. The molecule has 0 saturated heterocycles. The smallest absolute Gasteiger partial charge is 0.461 e. The molecule has 3 rings (SSSR count). The predicted molar refractivity (Wildman–Crippen MR) is 239 cm³/mol. The van der Waals surface area contributed by atoms with Crippen LogP contribution in [0, 0.1) is 0 Å². The minimum atomic E-state index is -2.73. The molecule has 0 heterocycles. The summed E-state index contributed by atoms with van der Waals surface area (Å²) in [7, 11) is -5.46. The van der Waals surface area contributed by atoms with E-state index in [4.69, 9.17) is 36.0 Å². The van der Waals surface area contributed by atoms with Gasteiger partial charge in [0.25, 0.3) is 0 Å². The van der Waals surface area contributed by atoms with E-state index in [9.17, 15) is 9.59 Å². The fourth-order valence-electron chi connectivity index (χ4n) is 6.47. The first-order valence-electron chi connectivity index (χ1n) is 20.8. The van der Waals surface area contributed by atoms with Crippen molar-refractivity contribution in [2.75, 3.05) is 51.1 Å². The van der Waals surface area contributed by atoms with E-state index in [0.717, 1.165) is 58.7 Å². The number of hydrogen-bond acceptors (Lipinski definition) is 12. The minimum Gasteiger partial charge on any atom is -0.461 e. The van der Waals surface area contributed by atoms with Gasteiger partial charge in [-0.3, -0.25) is 9.59 Å². The SMILES string of the molecule is CCO[Si](CCCSC(CC(=O)OCc1cccc(COC(=O)CC(SCCC[Si](OCC)(OCC)OCC)c2ccccc2)c1)c1ccccc1)(OCC)OCC. The first-order valence-corrected chi connectivity index (χ1v) is 26.8. The molecule has 0 aliphatic heterocycles. The van der Waals surface area contributed by atoms with E-state index in [1.54, 1.807) is 23.5 Å². The highest BCUT2D eigenvalue weighted by atomic mass is 32.2. The summed E-state index contributed by atoms with van der Waals surface area (Å²) in [6.45, 7) is 15.3. The maximum Gasteiger partial charge on any atom is 0.500 e. The van der Waals surface area contributed by atoms with Crippen molar-refractivity contribution < 1.29 is 45.6 Å². The van der Waals surface area contributed by atoms with Gasteiger partial charge in [-0.1, -0.05) is 78.9 Å². The summed E-state index contributed by atoms with van der Waals surface area (Å²) >= 11 is 3.47. The molecule has 0 fully saturated rings. The van der Waals surface area contributed by atoms with Crippen molar-refractivity contribution in [3.63, 3.8) is 0 Å². The molecule has 14 heteroatoms. The molecule has 0 spiro atoms. The molecule has 3 aromatic carbocycles. The van der Waals surface area contributed by atoms with Gasteiger partial charge < -0.3 is 36.0 Å². The predicted octanol–water partition coefficient (Wildman–Crippen LogP) is 10.4. The van der Waals surface area contributed by atoms with Crippen molar-refractivity contribution in [2.24, 2.45) is 0 Å². The van der Waals surface area contributed by atoms with Crippen LogP contribution in [0.4, 0.5) is 0 Å². The van der Waals surface area contributed by atoms with Gasteiger partial charge in [-0.15, -0.1) is 0 Å². The van der Waals surface area contributed by atoms with E-state index < -0.39 is 17.6 Å². The van der Waals surface area contributed by atoms with Crippen LogP contribution < -0.4 is 0 Å². The fourth-order valence-corrected chi connectivity index (χ4v) is 14.6. The number of hydrogen-bond donors (Lipinski definition) is 0. The van der Waals surface area contributed by atoms with Crippen molar-refractivity contribution in [3.8, 4) is 0 Å². The third-order valence-electron chi connectivity index (χ3n) is 8.92. The number of benzene rings is 3. The Morgan fingerprint density at radius 1 is 0.500 bits per heavy atom. The molecule has 0 aliphatic rings. The Bertz CT molecular complexity index is 1410. The van der Waals surface area contributed by atoms with Gasteiger partial charge in [-0.2, -0.15) is 23.5 Å². The number of carbonyl (C=O) groups excluding carboxylic acids is 2. The van der Waals surface area contributed by atoms with Crippen LogP contribution in [-0.2, 0) is 58.8 Å². The maximum absolute atomic E-state index is 13.2. The van der Waals surface area contributed by atoms with Crippen molar-refractivity contribution >= 4 is 53.1 Å². The average molecular weight is 875 g/mol. The molecule has 0 aliphatic carbocycles. The quantitative estimate of drug-likeness (QED) is 0.0339. The molecule has 0 radical (unpaired) electrons. The Hall–Kier alpha value is -2.51. The van der Waals surface area contributed by atoms with Gasteiger partial charge in [-0.25, -0.2) is 0 Å². The first kappa shape index (κ1) is 49.9. The van der Waals surface area contributed by atoms with Crippen LogP contribution in [0.5, 0.6) is 0 Å². The summed E-state index contributed by atoms with van der Waals surface area (Å²) in [5.74, 6) is 1.09. The van der Waals surface area contributed by atoms with Crippen LogP contribution in [0.25, 0.3) is 0 Å². The highest BCUT2D eigenvalue weighted by Crippen LogP contribution is 2.35. The van der Waals surface area contributed by atoms with E-state index in [1.165, 1.54) is 0 Å². The Labute approximate surface area is 358 Å². The van der Waals surface area contributed by atoms with Gasteiger partial charge in [0.2, 0.25) is 0 Å². The molecular formula is C44H66O10S2Si2. The fraction of sp³-hybridized carbons (Fsp3) is 0.545. The number of rotatable bonds is 32. The first-order chi connectivity index (χ1) is 28.2. The third-order valence-corrected chi connectivity index (χ3v) is 18.0. The van der Waals surface area contributed by atoms with Crippen molar-refractivity contribution in [1.29, 1.82) is 0 Å². The van der Waals surface area contributed by atoms with Gasteiger partial charge in [0.15, 0.2) is 0 Å². The van der Waals surface area contributed by atoms with Crippen LogP contribution in [0.1, 0.15) is 100.0 Å². The molecule has 58 heavy (non-hydrogen) atoms. The van der Waals surface area contributed by atoms with E-state index in [1.807, 2.05) is 102 Å². The molecule has 322 valence electrons. The standard InChI is InChI=1S/C44H66O10S2Si2/c1-7-49-57(50-8-2,51-9-3)30-20-28-55-41(39-24-15-13-16-25-39)33-43(45)47-35-37-22-19-23-38(32-37)36-48-44(46)34-42(40-26-17-14-18-27-40)56-29-21-31-58(52-10-4,53-11-5)54-12-6/h13-19,22-27,32,41-42H,7-12,20-21,28-31,33-36H2,1-6H3. The zero-order chi connectivity index (χ0) is 41.9. The summed E-state index contributed by atoms with van der Waals surface area (Å²) in [6, 6.07) is 29.2. The molecule has 2 unspecified atom stereocenters.